The number of rotatable bonds is 10. The minimum Gasteiger partial charge on any atom is -0.310 e. The van der Waals surface area contributed by atoms with Crippen molar-refractivity contribution >= 4 is 99.3 Å². The molecule has 4 heteroatoms. The maximum Gasteiger partial charge on any atom is 0.0544 e. The van der Waals surface area contributed by atoms with Gasteiger partial charge < -0.3 is 18.9 Å². The number of para-hydroxylation sites is 4. The number of aromatic nitrogens is 2. The molecule has 2 heterocycles. The molecule has 20 aromatic rings. The van der Waals surface area contributed by atoms with Crippen LogP contribution in [0.5, 0.6) is 0 Å². The van der Waals surface area contributed by atoms with Crippen molar-refractivity contribution in [2.24, 2.45) is 0 Å². The van der Waals surface area contributed by atoms with Crippen LogP contribution in [-0.2, 0) is 21.7 Å². The largest absolute Gasteiger partial charge is 0.310 e. The van der Waals surface area contributed by atoms with Gasteiger partial charge in [0.05, 0.1) is 22.1 Å². The monoisotopic (exact) mass is 1540 g/mol. The van der Waals surface area contributed by atoms with Gasteiger partial charge in [0.1, 0.15) is 0 Å². The van der Waals surface area contributed by atoms with Crippen molar-refractivity contribution < 1.29 is 0 Å². The number of hydrogen-bond donors (Lipinski definition) is 0. The quantitative estimate of drug-likeness (QED) is 0.136. The van der Waals surface area contributed by atoms with Crippen LogP contribution in [0.15, 0.2) is 388 Å². The summed E-state index contributed by atoms with van der Waals surface area (Å²) in [6, 6.07) is 144. The van der Waals surface area contributed by atoms with E-state index in [1.807, 2.05) is 0 Å². The lowest BCUT2D eigenvalue weighted by Crippen LogP contribution is -2.17. The summed E-state index contributed by atoms with van der Waals surface area (Å²) in [5, 5.41) is 10.3. The molecule has 24 rings (SSSR count). The standard InChI is InChI=1S/2C58H44N2/c1-57(2)51-20-12-10-18-45(51)49-35-50-47-19-11-13-21-55(47)60(56(50)36-54(49)57)43-28-24-38(25-29-43)37-22-26-42(27-23-37)59(41-16-6-5-7-17-41)44-30-31-46-48-32-39-14-8-9-15-40(39)33-52(48)58(3,4)53(46)34-44;1-57(2)51-20-12-10-18-45(51)49-35-50-48-19-11-13-21-55(48)60(56(50)36-54(49)57)44-29-31-47-46-30-28-43(33-52(46)58(3,4)53(47)34-44)59(41-16-6-5-7-17-41)42-26-24-38(25-27-42)40-23-22-37-14-8-9-15-39(37)32-40/h2*5-36H,1-4H3. The van der Waals surface area contributed by atoms with Crippen LogP contribution < -0.4 is 9.80 Å². The minimum absolute atomic E-state index is 0.0635. The Morgan fingerprint density at radius 1 is 0.175 bits per heavy atom. The number of nitrogens with zero attached hydrogens (tertiary/aromatic N) is 4. The summed E-state index contributed by atoms with van der Waals surface area (Å²) >= 11 is 0. The number of fused-ring (bicyclic) bond motifs is 20. The Morgan fingerprint density at radius 3 is 1.02 bits per heavy atom. The summed E-state index contributed by atoms with van der Waals surface area (Å²) in [5.41, 5.74) is 40.3. The molecule has 0 radical (unpaired) electrons. The third-order valence-electron chi connectivity index (χ3n) is 27.5. The fourth-order valence-electron chi connectivity index (χ4n) is 21.2. The van der Waals surface area contributed by atoms with Crippen LogP contribution in [0.25, 0.3) is 143 Å². The zero-order valence-corrected chi connectivity index (χ0v) is 68.7. The molecule has 120 heavy (non-hydrogen) atoms. The van der Waals surface area contributed by atoms with E-state index >= 15 is 0 Å². The van der Waals surface area contributed by atoms with Gasteiger partial charge in [0, 0.05) is 88.7 Å². The van der Waals surface area contributed by atoms with Crippen LogP contribution in [0, 0.1) is 0 Å². The molecule has 4 aliphatic rings. The third kappa shape index (κ3) is 10.8. The predicted molar refractivity (Wildman–Crippen MR) is 507 cm³/mol. The zero-order chi connectivity index (χ0) is 80.7. The molecule has 0 aliphatic heterocycles. The number of hydrogen-bond acceptors (Lipinski definition) is 2. The van der Waals surface area contributed by atoms with Gasteiger partial charge in [0.2, 0.25) is 0 Å². The lowest BCUT2D eigenvalue weighted by atomic mass is 9.81. The van der Waals surface area contributed by atoms with Gasteiger partial charge in [-0.3, -0.25) is 0 Å². The zero-order valence-electron chi connectivity index (χ0n) is 68.7. The van der Waals surface area contributed by atoms with Gasteiger partial charge in [0.15, 0.2) is 0 Å². The van der Waals surface area contributed by atoms with Crippen LogP contribution in [0.1, 0.15) is 99.9 Å². The Morgan fingerprint density at radius 2 is 0.500 bits per heavy atom. The Hall–Kier alpha value is -14.3. The van der Waals surface area contributed by atoms with E-state index in [1.54, 1.807) is 0 Å². The lowest BCUT2D eigenvalue weighted by Gasteiger charge is -2.28. The summed E-state index contributed by atoms with van der Waals surface area (Å²) in [5.74, 6) is 0. The highest BCUT2D eigenvalue weighted by atomic mass is 15.1. The fraction of sp³-hybridized carbons (Fsp3) is 0.103. The molecule has 0 unspecified atom stereocenters. The third-order valence-corrected chi connectivity index (χ3v) is 27.5. The highest BCUT2D eigenvalue weighted by molar-refractivity contribution is 6.13. The van der Waals surface area contributed by atoms with Crippen LogP contribution in [0.4, 0.5) is 34.1 Å². The molecule has 0 saturated heterocycles. The molecule has 4 nitrogen and oxygen atoms in total. The highest BCUT2D eigenvalue weighted by Gasteiger charge is 2.41. The van der Waals surface area contributed by atoms with E-state index in [1.165, 1.54) is 188 Å². The van der Waals surface area contributed by atoms with E-state index in [0.29, 0.717) is 0 Å². The van der Waals surface area contributed by atoms with Gasteiger partial charge in [-0.1, -0.05) is 292 Å². The molecule has 0 amide bonds. The Balaban J connectivity index is 0.000000140. The first-order chi connectivity index (χ1) is 58.5. The summed E-state index contributed by atoms with van der Waals surface area (Å²) < 4.78 is 4.96. The summed E-state index contributed by atoms with van der Waals surface area (Å²) in [6.07, 6.45) is 0. The number of anilines is 6. The van der Waals surface area contributed by atoms with Crippen molar-refractivity contribution in [2.75, 3.05) is 9.80 Å². The van der Waals surface area contributed by atoms with Crippen molar-refractivity contribution in [3.05, 3.63) is 433 Å². The fourth-order valence-corrected chi connectivity index (χ4v) is 21.2. The molecule has 0 bridgehead atoms. The SMILES string of the molecule is CC1(C)c2cc(N(c3ccccc3)c3ccc(-c4ccc(-n5c6ccccc6c6cc7c(cc65)C(C)(C)c5ccccc5-7)cc4)cc3)ccc2-c2cc3ccccc3cc21.CC1(C)c2cc(N(c3ccccc3)c3ccc(-c4ccc5ccccc5c4)cc3)ccc2-c2ccc(-n3c4ccccc4c4cc5c(cc43)C(C)(C)c3ccccc3-5)cc21. The lowest BCUT2D eigenvalue weighted by molar-refractivity contribution is 0.659. The van der Waals surface area contributed by atoms with Gasteiger partial charge in [-0.2, -0.15) is 0 Å². The summed E-state index contributed by atoms with van der Waals surface area (Å²) in [7, 11) is 0. The van der Waals surface area contributed by atoms with Gasteiger partial charge in [-0.05, 0) is 284 Å². The minimum atomic E-state index is -0.220. The molecule has 572 valence electrons. The van der Waals surface area contributed by atoms with Gasteiger partial charge >= 0.3 is 0 Å². The molecule has 2 aromatic heterocycles. The van der Waals surface area contributed by atoms with E-state index in [-0.39, 0.29) is 21.7 Å². The molecule has 18 aromatic carbocycles. The van der Waals surface area contributed by atoms with Gasteiger partial charge in [-0.15, -0.1) is 0 Å². The second-order valence-electron chi connectivity index (χ2n) is 35.6. The summed E-state index contributed by atoms with van der Waals surface area (Å²) in [6.45, 7) is 19.0. The van der Waals surface area contributed by atoms with E-state index < -0.39 is 0 Å². The average Bonchev–Trinajstić information content (AvgIpc) is 1.77. The van der Waals surface area contributed by atoms with Gasteiger partial charge in [-0.25, -0.2) is 0 Å². The van der Waals surface area contributed by atoms with Crippen LogP contribution >= 0.6 is 0 Å². The predicted octanol–water partition coefficient (Wildman–Crippen LogP) is 31.4. The Labute approximate surface area is 701 Å². The first-order valence-electron chi connectivity index (χ1n) is 42.3. The molecule has 4 aliphatic carbocycles. The average molecular weight is 1540 g/mol. The molecular weight excluding hydrogens is 1450 g/mol. The second-order valence-corrected chi connectivity index (χ2v) is 35.6. The topological polar surface area (TPSA) is 16.3 Å². The van der Waals surface area contributed by atoms with E-state index in [0.717, 1.165) is 34.1 Å². The van der Waals surface area contributed by atoms with Crippen molar-refractivity contribution in [3.63, 3.8) is 0 Å². The van der Waals surface area contributed by atoms with Crippen molar-refractivity contribution in [2.45, 2.75) is 77.0 Å². The first kappa shape index (κ1) is 71.0. The normalized spacial score (nSPS) is 14.3. The molecule has 0 fully saturated rings. The first-order valence-corrected chi connectivity index (χ1v) is 42.3. The van der Waals surface area contributed by atoms with Gasteiger partial charge in [0.25, 0.3) is 0 Å². The van der Waals surface area contributed by atoms with Crippen molar-refractivity contribution in [1.29, 1.82) is 0 Å². The summed E-state index contributed by atoms with van der Waals surface area (Å²) in [4.78, 5) is 4.78. The molecular formula is C116H88N4. The van der Waals surface area contributed by atoms with Crippen molar-refractivity contribution in [3.8, 4) is 78.1 Å². The highest BCUT2D eigenvalue weighted by Crippen LogP contribution is 2.57. The van der Waals surface area contributed by atoms with E-state index in [9.17, 15) is 0 Å². The molecule has 0 N–H and O–H groups in total. The second kappa shape index (κ2) is 26.6. The smallest absolute Gasteiger partial charge is 0.0544 e. The van der Waals surface area contributed by atoms with Crippen LogP contribution in [0.3, 0.4) is 0 Å². The van der Waals surface area contributed by atoms with Crippen LogP contribution in [0.2, 0.25) is 0 Å². The number of benzene rings is 18. The maximum absolute atomic E-state index is 2.51. The molecule has 0 spiro atoms. The molecule has 0 saturated carbocycles. The van der Waals surface area contributed by atoms with E-state index in [2.05, 4.69) is 463 Å². The van der Waals surface area contributed by atoms with Crippen LogP contribution in [-0.4, -0.2) is 9.13 Å². The molecule has 0 atom stereocenters. The van der Waals surface area contributed by atoms with Crippen molar-refractivity contribution in [1.82, 2.24) is 9.13 Å². The Bertz CT molecular complexity index is 7620. The van der Waals surface area contributed by atoms with E-state index in [4.69, 9.17) is 0 Å². The maximum atomic E-state index is 2.51. The Kier molecular flexibility index (Phi) is 15.7.